The number of rotatable bonds is 3. The molecule has 5 nitrogen and oxygen atoms in total. The maximum Gasteiger partial charge on any atom is 0.222 e. The molecule has 2 aromatic rings. The van der Waals surface area contributed by atoms with E-state index >= 15 is 0 Å². The molecule has 0 spiro atoms. The molecule has 1 aliphatic rings. The van der Waals surface area contributed by atoms with Crippen LogP contribution >= 0.6 is 0 Å². The predicted octanol–water partition coefficient (Wildman–Crippen LogP) is 2.43. The van der Waals surface area contributed by atoms with Crippen LogP contribution in [-0.2, 0) is 6.42 Å². The quantitative estimate of drug-likeness (QED) is 0.905. The smallest absolute Gasteiger partial charge is 0.222 e. The first-order valence-corrected chi connectivity index (χ1v) is 7.12. The number of nitrogens with one attached hydrogen (secondary N) is 1. The standard InChI is InChI=1S/C16H20N4O/c1-9-8-12-14(15(18-2)20-16(17)19-12)13(9)10-4-6-11(21-3)7-5-10/h4-7,9,13H,8H2,1-3H3,(H3,17,18,19,20). The number of hydrogen-bond acceptors (Lipinski definition) is 5. The molecule has 5 heteroatoms. The molecule has 2 atom stereocenters. The van der Waals surface area contributed by atoms with Crippen LogP contribution < -0.4 is 15.8 Å². The summed E-state index contributed by atoms with van der Waals surface area (Å²) in [5.74, 6) is 2.79. The Morgan fingerprint density at radius 2 is 1.95 bits per heavy atom. The summed E-state index contributed by atoms with van der Waals surface area (Å²) in [6, 6.07) is 8.23. The van der Waals surface area contributed by atoms with Crippen LogP contribution in [0.2, 0.25) is 0 Å². The van der Waals surface area contributed by atoms with Crippen molar-refractivity contribution in [3.8, 4) is 5.75 Å². The highest BCUT2D eigenvalue weighted by Crippen LogP contribution is 2.44. The second-order valence-corrected chi connectivity index (χ2v) is 5.47. The topological polar surface area (TPSA) is 73.1 Å². The van der Waals surface area contributed by atoms with E-state index in [0.717, 1.165) is 23.7 Å². The second-order valence-electron chi connectivity index (χ2n) is 5.47. The number of ether oxygens (including phenoxy) is 1. The second kappa shape index (κ2) is 5.24. The van der Waals surface area contributed by atoms with Crippen LogP contribution in [0, 0.1) is 5.92 Å². The van der Waals surface area contributed by atoms with Gasteiger partial charge in [-0.3, -0.25) is 0 Å². The van der Waals surface area contributed by atoms with Gasteiger partial charge in [-0.05, 0) is 30.0 Å². The third-order valence-corrected chi connectivity index (χ3v) is 4.15. The Hall–Kier alpha value is -2.30. The van der Waals surface area contributed by atoms with Crippen molar-refractivity contribution in [2.24, 2.45) is 5.92 Å². The van der Waals surface area contributed by atoms with Gasteiger partial charge in [0.25, 0.3) is 0 Å². The first kappa shape index (κ1) is 13.7. The lowest BCUT2D eigenvalue weighted by Crippen LogP contribution is -2.10. The molecule has 1 aromatic carbocycles. The van der Waals surface area contributed by atoms with Gasteiger partial charge in [0.05, 0.1) is 12.8 Å². The van der Waals surface area contributed by atoms with E-state index < -0.39 is 0 Å². The van der Waals surface area contributed by atoms with Crippen LogP contribution in [0.5, 0.6) is 5.75 Å². The van der Waals surface area contributed by atoms with Crippen LogP contribution in [0.4, 0.5) is 11.8 Å². The summed E-state index contributed by atoms with van der Waals surface area (Å²) in [7, 11) is 3.55. The first-order chi connectivity index (χ1) is 10.1. The zero-order valence-electron chi connectivity index (χ0n) is 12.6. The molecule has 0 radical (unpaired) electrons. The summed E-state index contributed by atoms with van der Waals surface area (Å²) in [4.78, 5) is 8.76. The molecule has 0 saturated carbocycles. The Labute approximate surface area is 124 Å². The SMILES string of the molecule is CNc1nc(N)nc2c1C(c1ccc(OC)cc1)C(C)C2. The van der Waals surface area contributed by atoms with Crippen LogP contribution in [0.3, 0.4) is 0 Å². The van der Waals surface area contributed by atoms with Gasteiger partial charge in [-0.25, -0.2) is 4.98 Å². The van der Waals surface area contributed by atoms with Gasteiger partial charge in [-0.2, -0.15) is 4.98 Å². The summed E-state index contributed by atoms with van der Waals surface area (Å²) in [5, 5.41) is 3.16. The highest BCUT2D eigenvalue weighted by molar-refractivity contribution is 5.57. The Morgan fingerprint density at radius 1 is 1.24 bits per heavy atom. The Kier molecular flexibility index (Phi) is 3.41. The van der Waals surface area contributed by atoms with Crippen molar-refractivity contribution in [2.45, 2.75) is 19.3 Å². The van der Waals surface area contributed by atoms with Gasteiger partial charge >= 0.3 is 0 Å². The molecule has 110 valence electrons. The monoisotopic (exact) mass is 284 g/mol. The molecule has 0 aliphatic heterocycles. The van der Waals surface area contributed by atoms with Crippen LogP contribution in [0.15, 0.2) is 24.3 Å². The van der Waals surface area contributed by atoms with Crippen molar-refractivity contribution in [3.63, 3.8) is 0 Å². The number of benzene rings is 1. The van der Waals surface area contributed by atoms with Crippen molar-refractivity contribution >= 4 is 11.8 Å². The molecule has 0 bridgehead atoms. The van der Waals surface area contributed by atoms with Gasteiger partial charge in [-0.15, -0.1) is 0 Å². The minimum Gasteiger partial charge on any atom is -0.497 e. The number of fused-ring (bicyclic) bond motifs is 1. The number of methoxy groups -OCH3 is 1. The minimum absolute atomic E-state index is 0.286. The van der Waals surface area contributed by atoms with Gasteiger partial charge in [-0.1, -0.05) is 19.1 Å². The molecule has 2 unspecified atom stereocenters. The summed E-state index contributed by atoms with van der Waals surface area (Å²) in [5.41, 5.74) is 9.28. The number of hydrogen-bond donors (Lipinski definition) is 2. The van der Waals surface area contributed by atoms with E-state index in [0.29, 0.717) is 11.9 Å². The maximum absolute atomic E-state index is 5.80. The molecule has 1 aliphatic carbocycles. The van der Waals surface area contributed by atoms with E-state index in [4.69, 9.17) is 10.5 Å². The fourth-order valence-electron chi connectivity index (χ4n) is 3.22. The molecule has 3 N–H and O–H groups in total. The molecule has 1 heterocycles. The fraction of sp³-hybridized carbons (Fsp3) is 0.375. The molecular weight excluding hydrogens is 264 g/mol. The van der Waals surface area contributed by atoms with E-state index in [1.54, 1.807) is 7.11 Å². The lowest BCUT2D eigenvalue weighted by Gasteiger charge is -2.19. The van der Waals surface area contributed by atoms with Crippen LogP contribution in [-0.4, -0.2) is 24.1 Å². The molecule has 21 heavy (non-hydrogen) atoms. The number of nitrogens with two attached hydrogens (primary N) is 1. The summed E-state index contributed by atoms with van der Waals surface area (Å²) >= 11 is 0. The van der Waals surface area contributed by atoms with Crippen molar-refractivity contribution in [2.75, 3.05) is 25.2 Å². The minimum atomic E-state index is 0.286. The number of anilines is 2. The normalized spacial score (nSPS) is 20.1. The van der Waals surface area contributed by atoms with Crippen molar-refractivity contribution < 1.29 is 4.74 Å². The first-order valence-electron chi connectivity index (χ1n) is 7.12. The number of aromatic nitrogens is 2. The van der Waals surface area contributed by atoms with Crippen molar-refractivity contribution in [1.82, 2.24) is 9.97 Å². The zero-order valence-corrected chi connectivity index (χ0v) is 12.6. The van der Waals surface area contributed by atoms with Crippen molar-refractivity contribution in [1.29, 1.82) is 0 Å². The largest absolute Gasteiger partial charge is 0.497 e. The Bertz CT molecular complexity index is 654. The van der Waals surface area contributed by atoms with Gasteiger partial charge in [0.15, 0.2) is 0 Å². The fourth-order valence-corrected chi connectivity index (χ4v) is 3.22. The van der Waals surface area contributed by atoms with Gasteiger partial charge < -0.3 is 15.8 Å². The third-order valence-electron chi connectivity index (χ3n) is 4.15. The van der Waals surface area contributed by atoms with E-state index in [-0.39, 0.29) is 5.92 Å². The molecule has 0 saturated heterocycles. The zero-order chi connectivity index (χ0) is 15.0. The van der Waals surface area contributed by atoms with Gasteiger partial charge in [0.2, 0.25) is 5.95 Å². The highest BCUT2D eigenvalue weighted by Gasteiger charge is 2.35. The molecule has 0 fully saturated rings. The molecule has 1 aromatic heterocycles. The van der Waals surface area contributed by atoms with Gasteiger partial charge in [0.1, 0.15) is 11.6 Å². The van der Waals surface area contributed by atoms with Crippen LogP contribution in [0.25, 0.3) is 0 Å². The molecule has 0 amide bonds. The Balaban J connectivity index is 2.08. The average Bonchev–Trinajstić information content (AvgIpc) is 2.82. The lowest BCUT2D eigenvalue weighted by atomic mass is 9.87. The predicted molar refractivity (Wildman–Crippen MR) is 83.7 cm³/mol. The number of nitrogen functional groups attached to an aromatic ring is 1. The summed E-state index contributed by atoms with van der Waals surface area (Å²) in [6.07, 6.45) is 0.924. The summed E-state index contributed by atoms with van der Waals surface area (Å²) in [6.45, 7) is 2.24. The van der Waals surface area contributed by atoms with Gasteiger partial charge in [0, 0.05) is 18.5 Å². The van der Waals surface area contributed by atoms with Crippen LogP contribution in [0.1, 0.15) is 29.7 Å². The Morgan fingerprint density at radius 3 is 2.57 bits per heavy atom. The van der Waals surface area contributed by atoms with E-state index in [1.165, 1.54) is 11.1 Å². The molecule has 3 rings (SSSR count). The highest BCUT2D eigenvalue weighted by atomic mass is 16.5. The maximum atomic E-state index is 5.80. The lowest BCUT2D eigenvalue weighted by molar-refractivity contribution is 0.414. The molecular formula is C16H20N4O. The third kappa shape index (κ3) is 2.28. The van der Waals surface area contributed by atoms with Crippen molar-refractivity contribution in [3.05, 3.63) is 41.1 Å². The average molecular weight is 284 g/mol. The number of nitrogens with zero attached hydrogens (tertiary/aromatic N) is 2. The van der Waals surface area contributed by atoms with E-state index in [2.05, 4.69) is 34.3 Å². The summed E-state index contributed by atoms with van der Waals surface area (Å²) < 4.78 is 5.24. The van der Waals surface area contributed by atoms with E-state index in [9.17, 15) is 0 Å². The van der Waals surface area contributed by atoms with E-state index in [1.807, 2.05) is 19.2 Å².